The minimum absolute atomic E-state index is 0.141. The summed E-state index contributed by atoms with van der Waals surface area (Å²) in [5.74, 6) is 0. The Morgan fingerprint density at radius 2 is 1.12 bits per heavy atom. The molecule has 3 saturated heterocycles. The first kappa shape index (κ1) is 48.5. The topological polar surface area (TPSA) is 162 Å². The number of alkyl carbamates (subject to hydrolysis) is 2. The minimum atomic E-state index is -2.17. The van der Waals surface area contributed by atoms with Crippen molar-refractivity contribution in [3.05, 3.63) is 0 Å². The number of hydrogen-bond acceptors (Lipinski definition) is 12. The van der Waals surface area contributed by atoms with E-state index in [0.29, 0.717) is 52.7 Å². The molecule has 0 aliphatic carbocycles. The lowest BCUT2D eigenvalue weighted by atomic mass is 10.2. The number of cyclic esters (lactones) is 3. The predicted octanol–water partition coefficient (Wildman–Crippen LogP) is 6.16. The van der Waals surface area contributed by atoms with Crippen LogP contribution in [0.3, 0.4) is 0 Å². The molecule has 15 nitrogen and oxygen atoms in total. The summed E-state index contributed by atoms with van der Waals surface area (Å²) in [6.07, 6.45) is 2.79. The van der Waals surface area contributed by atoms with Crippen molar-refractivity contribution in [2.75, 3.05) is 66.3 Å². The highest BCUT2D eigenvalue weighted by Crippen LogP contribution is 2.25. The highest BCUT2D eigenvalue weighted by molar-refractivity contribution is 6.87. The van der Waals surface area contributed by atoms with E-state index in [1.807, 2.05) is 13.8 Å². The fourth-order valence-corrected chi connectivity index (χ4v) is 20.7. The van der Waals surface area contributed by atoms with E-state index in [9.17, 15) is 14.4 Å². The molecule has 3 aliphatic rings. The molecule has 306 valence electrons. The summed E-state index contributed by atoms with van der Waals surface area (Å²) in [6.45, 7) is 29.0. The van der Waals surface area contributed by atoms with Crippen molar-refractivity contribution < 1.29 is 55.2 Å². The number of carbonyl (C=O) groups excluding carboxylic acids is 3. The zero-order valence-corrected chi connectivity index (χ0v) is 38.2. The fourth-order valence-electron chi connectivity index (χ4n) is 5.81. The quantitative estimate of drug-likeness (QED) is 0.0729. The Balaban J connectivity index is 0.000000418. The number of likely N-dealkylation sites (N-methyl/N-ethyl adjacent to an activating group) is 1. The molecule has 3 heterocycles. The molecule has 3 aliphatic heterocycles. The maximum absolute atomic E-state index is 10.9. The second-order valence-corrected chi connectivity index (χ2v) is 31.6. The Labute approximate surface area is 317 Å². The van der Waals surface area contributed by atoms with Gasteiger partial charge in [-0.15, -0.1) is 0 Å². The maximum Gasteiger partial charge on any atom is 0.409 e. The highest BCUT2D eigenvalue weighted by Gasteiger charge is 2.40. The summed E-state index contributed by atoms with van der Waals surface area (Å²) < 4.78 is 50.5. The Kier molecular flexibility index (Phi) is 22.4. The van der Waals surface area contributed by atoms with Gasteiger partial charge in [0.1, 0.15) is 18.3 Å². The molecule has 0 radical (unpaired) electrons. The summed E-state index contributed by atoms with van der Waals surface area (Å²) in [4.78, 5) is 34.1. The third-order valence-corrected chi connectivity index (χ3v) is 20.2. The Hall–Kier alpha value is -1.56. The zero-order chi connectivity index (χ0) is 39.4. The normalized spacial score (nSPS) is 20.6. The van der Waals surface area contributed by atoms with E-state index >= 15 is 0 Å². The Morgan fingerprint density at radius 1 is 0.673 bits per heavy atom. The fraction of sp³-hybridized carbons (Fsp3) is 0.909. The molecular formula is C33H71N3O12Si4. The lowest BCUT2D eigenvalue weighted by Gasteiger charge is -2.38. The van der Waals surface area contributed by atoms with Crippen LogP contribution >= 0.6 is 0 Å². The zero-order valence-electron chi connectivity index (χ0n) is 34.2. The van der Waals surface area contributed by atoms with E-state index in [1.165, 1.54) is 0 Å². The lowest BCUT2D eigenvalue weighted by Crippen LogP contribution is -2.52. The molecule has 3 atom stereocenters. The first-order valence-corrected chi connectivity index (χ1v) is 30.7. The van der Waals surface area contributed by atoms with Crippen LogP contribution in [-0.2, 0) is 40.8 Å². The third-order valence-electron chi connectivity index (χ3n) is 7.55. The van der Waals surface area contributed by atoms with Gasteiger partial charge in [-0.1, -0.05) is 13.3 Å². The van der Waals surface area contributed by atoms with E-state index in [1.54, 1.807) is 11.9 Å². The molecule has 0 aromatic rings. The van der Waals surface area contributed by atoms with Crippen LogP contribution in [-0.4, -0.2) is 142 Å². The van der Waals surface area contributed by atoms with Crippen molar-refractivity contribution in [1.82, 2.24) is 15.5 Å². The summed E-state index contributed by atoms with van der Waals surface area (Å²) >= 11 is 0. The summed E-state index contributed by atoms with van der Waals surface area (Å²) in [7, 11) is -5.70. The van der Waals surface area contributed by atoms with E-state index in [0.717, 1.165) is 44.3 Å². The number of amides is 3. The van der Waals surface area contributed by atoms with Gasteiger partial charge in [0, 0.05) is 33.5 Å². The van der Waals surface area contributed by atoms with Crippen LogP contribution < -0.4 is 10.6 Å². The lowest BCUT2D eigenvalue weighted by molar-refractivity contribution is 0.0453. The van der Waals surface area contributed by atoms with Gasteiger partial charge in [0.05, 0.1) is 32.8 Å². The largest absolute Gasteiger partial charge is 0.444 e. The van der Waals surface area contributed by atoms with Gasteiger partial charge in [0.15, 0.2) is 16.6 Å². The van der Waals surface area contributed by atoms with E-state index in [-0.39, 0.29) is 36.6 Å². The average Bonchev–Trinajstić information content (AvgIpc) is 3.71. The van der Waals surface area contributed by atoms with Crippen LogP contribution in [0.1, 0.15) is 46.5 Å². The molecule has 0 saturated carbocycles. The van der Waals surface area contributed by atoms with Crippen molar-refractivity contribution in [2.45, 2.75) is 129 Å². The monoisotopic (exact) mass is 813 g/mol. The second-order valence-electron chi connectivity index (χ2n) is 15.4. The van der Waals surface area contributed by atoms with Crippen LogP contribution in [0, 0.1) is 0 Å². The number of nitrogens with zero attached hydrogens (tertiary/aromatic N) is 1. The van der Waals surface area contributed by atoms with Gasteiger partial charge in [-0.05, 0) is 97.6 Å². The van der Waals surface area contributed by atoms with Gasteiger partial charge < -0.3 is 56.3 Å². The van der Waals surface area contributed by atoms with Crippen molar-refractivity contribution in [1.29, 1.82) is 0 Å². The van der Waals surface area contributed by atoms with Gasteiger partial charge in [-0.25, -0.2) is 14.4 Å². The van der Waals surface area contributed by atoms with Gasteiger partial charge in [-0.3, -0.25) is 0 Å². The predicted molar refractivity (Wildman–Crippen MR) is 210 cm³/mol. The molecule has 0 aromatic carbocycles. The molecule has 52 heavy (non-hydrogen) atoms. The number of carbonyl (C=O) groups is 3. The van der Waals surface area contributed by atoms with Crippen LogP contribution in [0.2, 0.25) is 64.5 Å². The third kappa shape index (κ3) is 22.6. The number of rotatable bonds is 22. The molecule has 0 bridgehead atoms. The first-order valence-electron chi connectivity index (χ1n) is 18.9. The summed E-state index contributed by atoms with van der Waals surface area (Å²) in [6, 6.07) is 1.85. The van der Waals surface area contributed by atoms with Crippen LogP contribution in [0.5, 0.6) is 0 Å². The molecule has 3 rings (SSSR count). The molecule has 3 amide bonds. The summed E-state index contributed by atoms with van der Waals surface area (Å²) in [5.41, 5.74) is 0. The molecule has 0 aromatic heterocycles. The van der Waals surface area contributed by atoms with Crippen molar-refractivity contribution in [2.24, 2.45) is 0 Å². The molecule has 2 N–H and O–H groups in total. The van der Waals surface area contributed by atoms with Gasteiger partial charge in [0.2, 0.25) is 0 Å². The van der Waals surface area contributed by atoms with Crippen LogP contribution in [0.15, 0.2) is 0 Å². The van der Waals surface area contributed by atoms with E-state index in [4.69, 9.17) is 40.8 Å². The van der Waals surface area contributed by atoms with Crippen LogP contribution in [0.4, 0.5) is 14.4 Å². The van der Waals surface area contributed by atoms with Gasteiger partial charge in [0.25, 0.3) is 0 Å². The SMILES string of the molecule is CCCC1CN(C)C(=O)O1.CCO[Si](C)(CCCOCC1CNC(=O)O1)OCC.C[Si](C)(C)O[Si](C)(CCCOCC1CNC(=O)O1)O[Si](C)(C)C. The first-order chi connectivity index (χ1) is 24.2. The van der Waals surface area contributed by atoms with Gasteiger partial charge in [-0.2, -0.15) is 0 Å². The second kappa shape index (κ2) is 24.1. The molecular weight excluding hydrogens is 743 g/mol. The standard InChI is InChI=1S/C14H33NO5Si3.C12H25NO5Si.C7H13NO2/c1-21(2,3)19-23(7,20-22(4,5)6)10-8-9-17-12-13-11-15-14(16)18-13;1-4-16-19(3,17-5-2)8-6-7-15-10-11-9-13-12(14)18-11;1-3-4-6-5-8(2)7(9)10-6/h13H,8-12H2,1-7H3,(H,15,16);11H,4-10H2,1-3H3,(H,13,14);6H,3-5H2,1-2H3. The minimum Gasteiger partial charge on any atom is -0.444 e. The highest BCUT2D eigenvalue weighted by atomic mass is 28.5. The number of nitrogens with one attached hydrogen (secondary N) is 2. The molecule has 3 unspecified atom stereocenters. The molecule has 0 spiro atoms. The van der Waals surface area contributed by atoms with Crippen molar-refractivity contribution in [3.63, 3.8) is 0 Å². The Morgan fingerprint density at radius 3 is 1.44 bits per heavy atom. The van der Waals surface area contributed by atoms with Crippen LogP contribution in [0.25, 0.3) is 0 Å². The van der Waals surface area contributed by atoms with Crippen molar-refractivity contribution >= 4 is 52.0 Å². The van der Waals surface area contributed by atoms with E-state index in [2.05, 4.69) is 69.9 Å². The average molecular weight is 814 g/mol. The van der Waals surface area contributed by atoms with E-state index < -0.39 is 33.8 Å². The number of hydrogen-bond donors (Lipinski definition) is 2. The molecule has 19 heteroatoms. The Bertz CT molecular complexity index is 1030. The van der Waals surface area contributed by atoms with Gasteiger partial charge >= 0.3 is 35.4 Å². The smallest absolute Gasteiger partial charge is 0.409 e. The maximum atomic E-state index is 10.9. The number of ether oxygens (including phenoxy) is 5. The van der Waals surface area contributed by atoms with Crippen molar-refractivity contribution in [3.8, 4) is 0 Å². The molecule has 3 fully saturated rings. The summed E-state index contributed by atoms with van der Waals surface area (Å²) in [5, 5.41) is 5.22.